The monoisotopic (exact) mass is 243 g/mol. The van der Waals surface area contributed by atoms with Gasteiger partial charge in [-0.2, -0.15) is 13.2 Å². The molecule has 0 saturated heterocycles. The second-order valence-electron chi connectivity index (χ2n) is 3.30. The second-order valence-corrected chi connectivity index (χ2v) is 3.30. The summed E-state index contributed by atoms with van der Waals surface area (Å²) in [6.07, 6.45) is -3.21. The number of hydrogen-bond donors (Lipinski definition) is 2. The van der Waals surface area contributed by atoms with E-state index < -0.39 is 24.8 Å². The molecule has 0 aliphatic heterocycles. The Kier molecular flexibility index (Phi) is 7.07. The van der Waals surface area contributed by atoms with Crippen molar-refractivity contribution < 1.29 is 27.8 Å². The highest BCUT2D eigenvalue weighted by atomic mass is 19.4. The van der Waals surface area contributed by atoms with E-state index in [1.54, 1.807) is 0 Å². The Balaban J connectivity index is 3.59. The largest absolute Gasteiger partial charge is 0.480 e. The highest BCUT2D eigenvalue weighted by Gasteiger charge is 2.27. The van der Waals surface area contributed by atoms with Crippen LogP contribution in [-0.4, -0.2) is 43.1 Å². The van der Waals surface area contributed by atoms with Gasteiger partial charge < -0.3 is 15.2 Å². The van der Waals surface area contributed by atoms with Crippen LogP contribution in [0.2, 0.25) is 0 Å². The van der Waals surface area contributed by atoms with E-state index in [2.05, 4.69) is 10.1 Å². The number of hydrogen-bond acceptors (Lipinski definition) is 3. The van der Waals surface area contributed by atoms with Crippen LogP contribution < -0.4 is 5.32 Å². The van der Waals surface area contributed by atoms with Crippen molar-refractivity contribution in [3.05, 3.63) is 0 Å². The molecule has 1 unspecified atom stereocenters. The zero-order valence-electron chi connectivity index (χ0n) is 9.01. The maximum atomic E-state index is 11.7. The fraction of sp³-hybridized carbons (Fsp3) is 0.889. The molecule has 0 aliphatic carbocycles. The van der Waals surface area contributed by atoms with Crippen molar-refractivity contribution in [1.82, 2.24) is 5.32 Å². The summed E-state index contributed by atoms with van der Waals surface area (Å²) in [5.74, 6) is -1.00. The van der Waals surface area contributed by atoms with Gasteiger partial charge in [0.25, 0.3) is 0 Å². The van der Waals surface area contributed by atoms with Crippen molar-refractivity contribution in [2.45, 2.75) is 32.0 Å². The molecule has 0 aliphatic rings. The van der Waals surface area contributed by atoms with Crippen LogP contribution in [0, 0.1) is 0 Å². The molecule has 0 bridgehead atoms. The lowest BCUT2D eigenvalue weighted by Crippen LogP contribution is -2.38. The summed E-state index contributed by atoms with van der Waals surface area (Å²) in [4.78, 5) is 10.6. The van der Waals surface area contributed by atoms with Gasteiger partial charge in [-0.05, 0) is 6.42 Å². The summed E-state index contributed by atoms with van der Waals surface area (Å²) in [6, 6.07) is -0.723. The summed E-state index contributed by atoms with van der Waals surface area (Å²) in [6.45, 7) is 0.456. The SMILES string of the molecule is CCCC(NCCOCC(F)(F)F)C(=O)O. The number of nitrogens with one attached hydrogen (secondary N) is 1. The Morgan fingerprint density at radius 3 is 2.56 bits per heavy atom. The van der Waals surface area contributed by atoms with Gasteiger partial charge in [-0.3, -0.25) is 4.79 Å². The van der Waals surface area contributed by atoms with E-state index >= 15 is 0 Å². The third kappa shape index (κ3) is 8.49. The van der Waals surface area contributed by atoms with E-state index in [0.29, 0.717) is 12.8 Å². The molecule has 0 rings (SSSR count). The predicted molar refractivity (Wildman–Crippen MR) is 51.2 cm³/mol. The van der Waals surface area contributed by atoms with Crippen LogP contribution in [0.15, 0.2) is 0 Å². The molecule has 0 aromatic heterocycles. The van der Waals surface area contributed by atoms with Gasteiger partial charge >= 0.3 is 12.1 Å². The van der Waals surface area contributed by atoms with E-state index in [-0.39, 0.29) is 13.2 Å². The van der Waals surface area contributed by atoms with Crippen molar-refractivity contribution in [3.8, 4) is 0 Å². The van der Waals surface area contributed by atoms with Crippen LogP contribution in [0.25, 0.3) is 0 Å². The number of rotatable bonds is 8. The standard InChI is InChI=1S/C9H16F3NO3/c1-2-3-7(8(14)15)13-4-5-16-6-9(10,11)12/h7,13H,2-6H2,1H3,(H,14,15). The van der Waals surface area contributed by atoms with Crippen molar-refractivity contribution in [2.75, 3.05) is 19.8 Å². The first kappa shape index (κ1) is 15.2. The third-order valence-electron chi connectivity index (χ3n) is 1.78. The Morgan fingerprint density at radius 2 is 2.12 bits per heavy atom. The van der Waals surface area contributed by atoms with Crippen molar-refractivity contribution in [2.24, 2.45) is 0 Å². The maximum Gasteiger partial charge on any atom is 0.411 e. The Morgan fingerprint density at radius 1 is 1.50 bits per heavy atom. The van der Waals surface area contributed by atoms with Gasteiger partial charge in [0.1, 0.15) is 12.6 Å². The topological polar surface area (TPSA) is 58.6 Å². The van der Waals surface area contributed by atoms with Crippen molar-refractivity contribution >= 4 is 5.97 Å². The molecule has 2 N–H and O–H groups in total. The number of carboxylic acid groups (broad SMARTS) is 1. The molecule has 0 spiro atoms. The first-order chi connectivity index (χ1) is 7.37. The lowest BCUT2D eigenvalue weighted by Gasteiger charge is -2.13. The summed E-state index contributed by atoms with van der Waals surface area (Å²) < 4.78 is 39.3. The Labute approximate surface area is 91.8 Å². The first-order valence-corrected chi connectivity index (χ1v) is 4.97. The average Bonchev–Trinajstić information content (AvgIpc) is 2.13. The number of carboxylic acids is 1. The van der Waals surface area contributed by atoms with Gasteiger partial charge in [-0.25, -0.2) is 0 Å². The zero-order chi connectivity index (χ0) is 12.6. The summed E-state index contributed by atoms with van der Waals surface area (Å²) in [5, 5.41) is 11.3. The van der Waals surface area contributed by atoms with E-state index in [4.69, 9.17) is 5.11 Å². The molecular weight excluding hydrogens is 227 g/mol. The van der Waals surface area contributed by atoms with Crippen molar-refractivity contribution in [3.63, 3.8) is 0 Å². The molecule has 0 saturated carbocycles. The molecule has 96 valence electrons. The van der Waals surface area contributed by atoms with Crippen LogP contribution >= 0.6 is 0 Å². The molecular formula is C9H16F3NO3. The Bertz CT molecular complexity index is 209. The minimum Gasteiger partial charge on any atom is -0.480 e. The summed E-state index contributed by atoms with van der Waals surface area (Å²) in [5.41, 5.74) is 0. The minimum atomic E-state index is -4.34. The quantitative estimate of drug-likeness (QED) is 0.633. The van der Waals surface area contributed by atoms with Gasteiger partial charge in [-0.1, -0.05) is 13.3 Å². The molecule has 0 heterocycles. The lowest BCUT2D eigenvalue weighted by atomic mass is 10.2. The summed E-state index contributed by atoms with van der Waals surface area (Å²) in [7, 11) is 0. The lowest BCUT2D eigenvalue weighted by molar-refractivity contribution is -0.173. The van der Waals surface area contributed by atoms with E-state index in [1.165, 1.54) is 0 Å². The van der Waals surface area contributed by atoms with E-state index in [1.807, 2.05) is 6.92 Å². The van der Waals surface area contributed by atoms with Gasteiger partial charge in [0.15, 0.2) is 0 Å². The molecule has 7 heteroatoms. The van der Waals surface area contributed by atoms with Gasteiger partial charge in [-0.15, -0.1) is 0 Å². The highest BCUT2D eigenvalue weighted by molar-refractivity contribution is 5.73. The van der Waals surface area contributed by atoms with Crippen molar-refractivity contribution in [1.29, 1.82) is 0 Å². The molecule has 0 amide bonds. The fourth-order valence-corrected chi connectivity index (χ4v) is 1.09. The average molecular weight is 243 g/mol. The van der Waals surface area contributed by atoms with Gasteiger partial charge in [0.05, 0.1) is 6.61 Å². The molecule has 0 aromatic rings. The van der Waals surface area contributed by atoms with Crippen LogP contribution in [0.3, 0.4) is 0 Å². The minimum absolute atomic E-state index is 0.0903. The fourth-order valence-electron chi connectivity index (χ4n) is 1.09. The number of aliphatic carboxylic acids is 1. The van der Waals surface area contributed by atoms with E-state index in [9.17, 15) is 18.0 Å². The van der Waals surface area contributed by atoms with Gasteiger partial charge in [0, 0.05) is 6.54 Å². The molecule has 4 nitrogen and oxygen atoms in total. The third-order valence-corrected chi connectivity index (χ3v) is 1.78. The van der Waals surface area contributed by atoms with Gasteiger partial charge in [0.2, 0.25) is 0 Å². The van der Waals surface area contributed by atoms with Crippen LogP contribution in [-0.2, 0) is 9.53 Å². The molecule has 0 aromatic carbocycles. The van der Waals surface area contributed by atoms with E-state index in [0.717, 1.165) is 0 Å². The summed E-state index contributed by atoms with van der Waals surface area (Å²) >= 11 is 0. The number of alkyl halides is 3. The molecule has 1 atom stereocenters. The first-order valence-electron chi connectivity index (χ1n) is 4.97. The number of carbonyl (C=O) groups is 1. The van der Waals surface area contributed by atoms with Crippen LogP contribution in [0.4, 0.5) is 13.2 Å². The predicted octanol–water partition coefficient (Wildman–Crippen LogP) is 1.41. The molecule has 0 fully saturated rings. The Hall–Kier alpha value is -0.820. The smallest absolute Gasteiger partial charge is 0.411 e. The highest BCUT2D eigenvalue weighted by Crippen LogP contribution is 2.13. The molecule has 16 heavy (non-hydrogen) atoms. The number of halogens is 3. The molecule has 0 radical (unpaired) electrons. The van der Waals surface area contributed by atoms with Crippen LogP contribution in [0.5, 0.6) is 0 Å². The normalized spacial score (nSPS) is 13.8. The second kappa shape index (κ2) is 7.45. The maximum absolute atomic E-state index is 11.7. The zero-order valence-corrected chi connectivity index (χ0v) is 9.01. The van der Waals surface area contributed by atoms with Crippen LogP contribution in [0.1, 0.15) is 19.8 Å². The number of ether oxygens (including phenoxy) is 1.